The van der Waals surface area contributed by atoms with Crippen LogP contribution in [0.15, 0.2) is 0 Å². The second-order valence-electron chi connectivity index (χ2n) is 4.06. The quantitative estimate of drug-likeness (QED) is 0.833. The average Bonchev–Trinajstić information content (AvgIpc) is 2.79. The van der Waals surface area contributed by atoms with Gasteiger partial charge in [-0.2, -0.15) is 9.61 Å². The summed E-state index contributed by atoms with van der Waals surface area (Å²) in [4.78, 5) is 0.890. The summed E-state index contributed by atoms with van der Waals surface area (Å²) in [6.07, 6.45) is 3.18. The van der Waals surface area contributed by atoms with Gasteiger partial charge in [-0.1, -0.05) is 18.3 Å². The van der Waals surface area contributed by atoms with Crippen molar-refractivity contribution in [2.75, 3.05) is 6.54 Å². The Morgan fingerprint density at radius 1 is 1.47 bits per heavy atom. The lowest BCUT2D eigenvalue weighted by molar-refractivity contribution is 0.671. The molecule has 5 nitrogen and oxygen atoms in total. The molecule has 0 saturated heterocycles. The third-order valence-electron chi connectivity index (χ3n) is 3.07. The van der Waals surface area contributed by atoms with Crippen LogP contribution in [0, 0.1) is 0 Å². The fraction of sp³-hybridized carbons (Fsp3) is 0.667. The van der Waals surface area contributed by atoms with Gasteiger partial charge in [-0.15, -0.1) is 10.2 Å². The highest BCUT2D eigenvalue weighted by Crippen LogP contribution is 2.48. The van der Waals surface area contributed by atoms with E-state index in [1.54, 1.807) is 11.3 Å². The van der Waals surface area contributed by atoms with Crippen molar-refractivity contribution >= 4 is 16.3 Å². The molecule has 0 atom stereocenters. The third-order valence-corrected chi connectivity index (χ3v) is 4.21. The van der Waals surface area contributed by atoms with Gasteiger partial charge >= 0.3 is 0 Å². The lowest BCUT2D eigenvalue weighted by atomic mass is 10.1. The van der Waals surface area contributed by atoms with Crippen molar-refractivity contribution in [3.05, 3.63) is 10.8 Å². The normalized spacial score (nSPS) is 18.5. The Balaban J connectivity index is 2.11. The number of nitrogens with two attached hydrogens (primary N) is 1. The maximum atomic E-state index is 5.78. The van der Waals surface area contributed by atoms with Crippen molar-refractivity contribution in [3.8, 4) is 0 Å². The molecule has 1 aliphatic rings. The number of hydrogen-bond acceptors (Lipinski definition) is 5. The fourth-order valence-corrected chi connectivity index (χ4v) is 2.86. The minimum absolute atomic E-state index is 0.163. The SMILES string of the molecule is CCc1nnc2sc(C3(CN)CC3)nn12. The highest BCUT2D eigenvalue weighted by molar-refractivity contribution is 7.16. The van der Waals surface area contributed by atoms with Gasteiger partial charge in [0.2, 0.25) is 4.96 Å². The van der Waals surface area contributed by atoms with Gasteiger partial charge in [0.25, 0.3) is 0 Å². The standard InChI is InChI=1S/C9H13N5S/c1-2-6-11-12-8-14(6)13-7(15-8)9(5-10)3-4-9/h2-5,10H2,1H3. The second kappa shape index (κ2) is 2.99. The highest BCUT2D eigenvalue weighted by Gasteiger charge is 2.46. The lowest BCUT2D eigenvalue weighted by Gasteiger charge is -2.05. The van der Waals surface area contributed by atoms with E-state index in [-0.39, 0.29) is 5.41 Å². The first-order chi connectivity index (χ1) is 7.29. The van der Waals surface area contributed by atoms with Gasteiger partial charge in [0, 0.05) is 18.4 Å². The van der Waals surface area contributed by atoms with Crippen molar-refractivity contribution in [2.24, 2.45) is 5.73 Å². The molecule has 2 heterocycles. The topological polar surface area (TPSA) is 69.1 Å². The lowest BCUT2D eigenvalue weighted by Crippen LogP contribution is -2.19. The zero-order valence-corrected chi connectivity index (χ0v) is 9.42. The van der Waals surface area contributed by atoms with Gasteiger partial charge < -0.3 is 5.73 Å². The summed E-state index contributed by atoms with van der Waals surface area (Å²) < 4.78 is 1.86. The maximum absolute atomic E-state index is 5.78. The van der Waals surface area contributed by atoms with Crippen LogP contribution in [0.4, 0.5) is 0 Å². The summed E-state index contributed by atoms with van der Waals surface area (Å²) in [6.45, 7) is 2.75. The number of fused-ring (bicyclic) bond motifs is 1. The number of hydrogen-bond donors (Lipinski definition) is 1. The Labute approximate surface area is 91.3 Å². The molecule has 1 saturated carbocycles. The summed E-state index contributed by atoms with van der Waals surface area (Å²) in [5, 5.41) is 13.9. The van der Waals surface area contributed by atoms with E-state index in [9.17, 15) is 0 Å². The first-order valence-electron chi connectivity index (χ1n) is 5.21. The summed E-state index contributed by atoms with van der Waals surface area (Å²) in [5.74, 6) is 0.931. The van der Waals surface area contributed by atoms with Crippen LogP contribution >= 0.6 is 11.3 Å². The largest absolute Gasteiger partial charge is 0.329 e. The Hall–Kier alpha value is -1.01. The van der Waals surface area contributed by atoms with Gasteiger partial charge in [0.05, 0.1) is 0 Å². The monoisotopic (exact) mass is 223 g/mol. The van der Waals surface area contributed by atoms with E-state index in [0.717, 1.165) is 35.1 Å². The van der Waals surface area contributed by atoms with Gasteiger partial charge in [0.1, 0.15) is 5.01 Å². The molecule has 1 aliphatic carbocycles. The first kappa shape index (κ1) is 9.23. The van der Waals surface area contributed by atoms with Crippen LogP contribution in [-0.2, 0) is 11.8 Å². The molecule has 2 N–H and O–H groups in total. The molecule has 0 aliphatic heterocycles. The maximum Gasteiger partial charge on any atom is 0.234 e. The van der Waals surface area contributed by atoms with Crippen molar-refractivity contribution < 1.29 is 0 Å². The van der Waals surface area contributed by atoms with E-state index in [2.05, 4.69) is 22.2 Å². The summed E-state index contributed by atoms with van der Waals surface area (Å²) in [5.41, 5.74) is 5.95. The van der Waals surface area contributed by atoms with E-state index >= 15 is 0 Å². The highest BCUT2D eigenvalue weighted by atomic mass is 32.1. The first-order valence-corrected chi connectivity index (χ1v) is 6.02. The number of aromatic nitrogens is 4. The van der Waals surface area contributed by atoms with Crippen LogP contribution in [0.25, 0.3) is 4.96 Å². The van der Waals surface area contributed by atoms with E-state index < -0.39 is 0 Å². The van der Waals surface area contributed by atoms with Gasteiger partial charge in [-0.05, 0) is 12.8 Å². The van der Waals surface area contributed by atoms with Crippen LogP contribution in [-0.4, -0.2) is 26.4 Å². The molecule has 1 fully saturated rings. The molecule has 6 heteroatoms. The molecule has 0 bridgehead atoms. The molecule has 80 valence electrons. The van der Waals surface area contributed by atoms with E-state index in [0.29, 0.717) is 6.54 Å². The predicted octanol–water partition coefficient (Wildman–Crippen LogP) is 0.739. The summed E-state index contributed by atoms with van der Waals surface area (Å²) >= 11 is 1.63. The van der Waals surface area contributed by atoms with Gasteiger partial charge in [-0.3, -0.25) is 0 Å². The average molecular weight is 223 g/mol. The molecule has 0 spiro atoms. The number of aryl methyl sites for hydroxylation is 1. The van der Waals surface area contributed by atoms with Crippen molar-refractivity contribution in [3.63, 3.8) is 0 Å². The van der Waals surface area contributed by atoms with Crippen LogP contribution in [0.2, 0.25) is 0 Å². The van der Waals surface area contributed by atoms with Gasteiger partial charge in [-0.25, -0.2) is 0 Å². The van der Waals surface area contributed by atoms with E-state index in [4.69, 9.17) is 5.73 Å². The molecule has 0 amide bonds. The number of nitrogens with zero attached hydrogens (tertiary/aromatic N) is 4. The zero-order chi connectivity index (χ0) is 10.5. The van der Waals surface area contributed by atoms with Crippen LogP contribution in [0.5, 0.6) is 0 Å². The Bertz CT molecular complexity index is 496. The van der Waals surface area contributed by atoms with Crippen molar-refractivity contribution in [1.29, 1.82) is 0 Å². The van der Waals surface area contributed by atoms with Gasteiger partial charge in [0.15, 0.2) is 5.82 Å². The molecule has 15 heavy (non-hydrogen) atoms. The number of rotatable bonds is 3. The predicted molar refractivity (Wildman–Crippen MR) is 58.0 cm³/mol. The molecule has 0 unspecified atom stereocenters. The summed E-state index contributed by atoms with van der Waals surface area (Å²) in [7, 11) is 0. The minimum Gasteiger partial charge on any atom is -0.329 e. The molecule has 0 aromatic carbocycles. The van der Waals surface area contributed by atoms with Crippen LogP contribution in [0.3, 0.4) is 0 Å². The molecule has 3 rings (SSSR count). The van der Waals surface area contributed by atoms with Crippen molar-refractivity contribution in [1.82, 2.24) is 19.8 Å². The molecular weight excluding hydrogens is 210 g/mol. The van der Waals surface area contributed by atoms with E-state index in [1.807, 2.05) is 4.52 Å². The van der Waals surface area contributed by atoms with Crippen molar-refractivity contribution in [2.45, 2.75) is 31.6 Å². The second-order valence-corrected chi connectivity index (χ2v) is 5.01. The van der Waals surface area contributed by atoms with Crippen LogP contribution < -0.4 is 5.73 Å². The Kier molecular flexibility index (Phi) is 1.84. The minimum atomic E-state index is 0.163. The van der Waals surface area contributed by atoms with Crippen LogP contribution in [0.1, 0.15) is 30.6 Å². The fourth-order valence-electron chi connectivity index (χ4n) is 1.75. The molecule has 2 aromatic heterocycles. The van der Waals surface area contributed by atoms with E-state index in [1.165, 1.54) is 0 Å². The zero-order valence-electron chi connectivity index (χ0n) is 8.60. The third kappa shape index (κ3) is 1.21. The smallest absolute Gasteiger partial charge is 0.234 e. The Morgan fingerprint density at radius 3 is 2.87 bits per heavy atom. The Morgan fingerprint density at radius 2 is 2.27 bits per heavy atom. The molecule has 0 radical (unpaired) electrons. The molecular formula is C9H13N5S. The summed E-state index contributed by atoms with van der Waals surface area (Å²) in [6, 6.07) is 0. The molecule has 2 aromatic rings.